The number of rotatable bonds is 5. The summed E-state index contributed by atoms with van der Waals surface area (Å²) in [7, 11) is 0. The molecule has 114 valence electrons. The van der Waals surface area contributed by atoms with Crippen molar-refractivity contribution >= 4 is 29.7 Å². The molecule has 0 aromatic carbocycles. The maximum Gasteiger partial charge on any atom is 0.261 e. The molecule has 0 aliphatic carbocycles. The predicted octanol–water partition coefficient (Wildman–Crippen LogP) is 1.74. The summed E-state index contributed by atoms with van der Waals surface area (Å²) in [6, 6.07) is 2.00. The molecular weight excluding hydrogens is 296 g/mol. The third kappa shape index (κ3) is 4.19. The standard InChI is InChI=1S/C14H22N2O2S.ClH/c1-3-4-10-5-13(19-9(10)2)14(18)16-7-11-6-15-8-12(11)17;/h5,11-12,15,17H,3-4,6-8H2,1-2H3,(H,16,18);1H. The molecule has 0 saturated carbocycles. The number of β-amino-alcohol motifs (C(OH)–C–C–N with tert-alkyl or cyclic N) is 1. The zero-order valence-corrected chi connectivity index (χ0v) is 13.6. The van der Waals surface area contributed by atoms with Crippen LogP contribution in [0.4, 0.5) is 0 Å². The van der Waals surface area contributed by atoms with E-state index in [1.54, 1.807) is 11.3 Å². The summed E-state index contributed by atoms with van der Waals surface area (Å²) >= 11 is 1.56. The Morgan fingerprint density at radius 3 is 2.90 bits per heavy atom. The summed E-state index contributed by atoms with van der Waals surface area (Å²) in [5.41, 5.74) is 1.28. The van der Waals surface area contributed by atoms with Crippen molar-refractivity contribution in [2.75, 3.05) is 19.6 Å². The molecule has 4 nitrogen and oxygen atoms in total. The molecule has 0 radical (unpaired) electrons. The number of carbonyl (C=O) groups excluding carboxylic acids is 1. The molecule has 1 aliphatic heterocycles. The molecule has 1 amide bonds. The lowest BCUT2D eigenvalue weighted by Gasteiger charge is -2.13. The summed E-state index contributed by atoms with van der Waals surface area (Å²) in [4.78, 5) is 14.1. The van der Waals surface area contributed by atoms with Crippen LogP contribution < -0.4 is 10.6 Å². The molecule has 2 unspecified atom stereocenters. The van der Waals surface area contributed by atoms with E-state index in [4.69, 9.17) is 0 Å². The fourth-order valence-corrected chi connectivity index (χ4v) is 3.38. The van der Waals surface area contributed by atoms with E-state index in [1.807, 2.05) is 6.07 Å². The smallest absolute Gasteiger partial charge is 0.261 e. The second kappa shape index (κ2) is 7.98. The normalized spacial score (nSPS) is 21.6. The number of aliphatic hydroxyl groups is 1. The first-order valence-electron chi connectivity index (χ1n) is 6.88. The van der Waals surface area contributed by atoms with Gasteiger partial charge in [0.1, 0.15) is 0 Å². The second-order valence-corrected chi connectivity index (χ2v) is 6.39. The molecule has 0 bridgehead atoms. The molecule has 0 spiro atoms. The first kappa shape index (κ1) is 17.4. The van der Waals surface area contributed by atoms with Crippen molar-refractivity contribution < 1.29 is 9.90 Å². The molecule has 1 aliphatic rings. The zero-order chi connectivity index (χ0) is 13.8. The van der Waals surface area contributed by atoms with Gasteiger partial charge >= 0.3 is 0 Å². The van der Waals surface area contributed by atoms with Crippen molar-refractivity contribution in [3.63, 3.8) is 0 Å². The van der Waals surface area contributed by atoms with Crippen LogP contribution in [0.3, 0.4) is 0 Å². The Balaban J connectivity index is 0.00000200. The highest BCUT2D eigenvalue weighted by Gasteiger charge is 2.25. The van der Waals surface area contributed by atoms with E-state index in [9.17, 15) is 9.90 Å². The van der Waals surface area contributed by atoms with Gasteiger partial charge in [-0.15, -0.1) is 23.7 Å². The van der Waals surface area contributed by atoms with Gasteiger partial charge in [-0.1, -0.05) is 13.3 Å². The Labute approximate surface area is 130 Å². The lowest BCUT2D eigenvalue weighted by molar-refractivity contribution is 0.0931. The van der Waals surface area contributed by atoms with Crippen LogP contribution in [0.5, 0.6) is 0 Å². The highest BCUT2D eigenvalue weighted by molar-refractivity contribution is 7.14. The van der Waals surface area contributed by atoms with E-state index >= 15 is 0 Å². The number of halogens is 1. The van der Waals surface area contributed by atoms with Crippen LogP contribution in [0.25, 0.3) is 0 Å². The number of amides is 1. The van der Waals surface area contributed by atoms with E-state index in [-0.39, 0.29) is 30.3 Å². The summed E-state index contributed by atoms with van der Waals surface area (Å²) in [5, 5.41) is 15.7. The van der Waals surface area contributed by atoms with Crippen LogP contribution in [0.2, 0.25) is 0 Å². The van der Waals surface area contributed by atoms with Crippen molar-refractivity contribution in [1.29, 1.82) is 0 Å². The lowest BCUT2D eigenvalue weighted by atomic mass is 10.1. The monoisotopic (exact) mass is 318 g/mol. The topological polar surface area (TPSA) is 61.4 Å². The van der Waals surface area contributed by atoms with Crippen molar-refractivity contribution in [2.24, 2.45) is 5.92 Å². The van der Waals surface area contributed by atoms with Gasteiger partial charge in [-0.2, -0.15) is 0 Å². The summed E-state index contributed by atoms with van der Waals surface area (Å²) in [6.45, 7) is 6.14. The quantitative estimate of drug-likeness (QED) is 0.775. The Bertz CT molecular complexity index is 450. The molecule has 2 atom stereocenters. The minimum atomic E-state index is -0.346. The van der Waals surface area contributed by atoms with E-state index < -0.39 is 0 Å². The number of nitrogens with one attached hydrogen (secondary N) is 2. The summed E-state index contributed by atoms with van der Waals surface area (Å²) < 4.78 is 0. The second-order valence-electron chi connectivity index (χ2n) is 5.14. The van der Waals surface area contributed by atoms with Gasteiger partial charge in [-0.25, -0.2) is 0 Å². The predicted molar refractivity (Wildman–Crippen MR) is 85.0 cm³/mol. The summed E-state index contributed by atoms with van der Waals surface area (Å²) in [5.74, 6) is 0.106. The summed E-state index contributed by atoms with van der Waals surface area (Å²) in [6.07, 6.45) is 1.78. The van der Waals surface area contributed by atoms with Crippen molar-refractivity contribution in [2.45, 2.75) is 32.8 Å². The van der Waals surface area contributed by atoms with Crippen LogP contribution >= 0.6 is 23.7 Å². The highest BCUT2D eigenvalue weighted by Crippen LogP contribution is 2.22. The Morgan fingerprint density at radius 2 is 2.30 bits per heavy atom. The molecule has 20 heavy (non-hydrogen) atoms. The average Bonchev–Trinajstić information content (AvgIpc) is 2.94. The number of aryl methyl sites for hydroxylation is 2. The van der Waals surface area contributed by atoms with Crippen LogP contribution in [0.1, 0.15) is 33.5 Å². The van der Waals surface area contributed by atoms with Gasteiger partial charge in [-0.3, -0.25) is 4.79 Å². The minimum absolute atomic E-state index is 0. The number of carbonyl (C=O) groups is 1. The van der Waals surface area contributed by atoms with Gasteiger partial charge in [0, 0.05) is 30.4 Å². The van der Waals surface area contributed by atoms with Gasteiger partial charge in [0.25, 0.3) is 5.91 Å². The minimum Gasteiger partial charge on any atom is -0.391 e. The SMILES string of the molecule is CCCc1cc(C(=O)NCC2CNCC2O)sc1C.Cl. The third-order valence-electron chi connectivity index (χ3n) is 3.59. The van der Waals surface area contributed by atoms with Crippen LogP contribution in [-0.4, -0.2) is 36.8 Å². The average molecular weight is 319 g/mol. The molecule has 1 saturated heterocycles. The molecule has 2 heterocycles. The third-order valence-corrected chi connectivity index (χ3v) is 4.68. The van der Waals surface area contributed by atoms with Crippen molar-refractivity contribution in [3.8, 4) is 0 Å². The number of hydrogen-bond donors (Lipinski definition) is 3. The van der Waals surface area contributed by atoms with Crippen molar-refractivity contribution in [3.05, 3.63) is 21.4 Å². The van der Waals surface area contributed by atoms with Gasteiger partial charge in [0.05, 0.1) is 11.0 Å². The van der Waals surface area contributed by atoms with Gasteiger partial charge < -0.3 is 15.7 Å². The number of thiophene rings is 1. The molecule has 1 fully saturated rings. The van der Waals surface area contributed by atoms with E-state index in [1.165, 1.54) is 10.4 Å². The largest absolute Gasteiger partial charge is 0.391 e. The van der Waals surface area contributed by atoms with Gasteiger partial charge in [-0.05, 0) is 25.0 Å². The fraction of sp³-hybridized carbons (Fsp3) is 0.643. The Hall–Kier alpha value is -0.620. The fourth-order valence-electron chi connectivity index (χ4n) is 2.39. The maximum atomic E-state index is 12.1. The van der Waals surface area contributed by atoms with Crippen molar-refractivity contribution in [1.82, 2.24) is 10.6 Å². The molecule has 6 heteroatoms. The maximum absolute atomic E-state index is 12.1. The van der Waals surface area contributed by atoms with Crippen LogP contribution in [0, 0.1) is 12.8 Å². The van der Waals surface area contributed by atoms with E-state index in [0.29, 0.717) is 13.1 Å². The van der Waals surface area contributed by atoms with Crippen LogP contribution in [0.15, 0.2) is 6.07 Å². The molecule has 2 rings (SSSR count). The molecule has 1 aromatic rings. The first-order valence-corrected chi connectivity index (χ1v) is 7.69. The molecule has 1 aromatic heterocycles. The Morgan fingerprint density at radius 1 is 1.55 bits per heavy atom. The van der Waals surface area contributed by atoms with Gasteiger partial charge in [0.2, 0.25) is 0 Å². The van der Waals surface area contributed by atoms with E-state index in [0.717, 1.165) is 24.3 Å². The first-order chi connectivity index (χ1) is 9.11. The number of aliphatic hydroxyl groups excluding tert-OH is 1. The Kier molecular flexibility index (Phi) is 6.95. The zero-order valence-electron chi connectivity index (χ0n) is 11.9. The molecular formula is C14H23ClN2O2S. The van der Waals surface area contributed by atoms with Crippen LogP contribution in [-0.2, 0) is 6.42 Å². The van der Waals surface area contributed by atoms with E-state index in [2.05, 4.69) is 24.5 Å². The number of hydrogen-bond acceptors (Lipinski definition) is 4. The molecule has 3 N–H and O–H groups in total. The van der Waals surface area contributed by atoms with Gasteiger partial charge in [0.15, 0.2) is 0 Å². The lowest BCUT2D eigenvalue weighted by Crippen LogP contribution is -2.34. The highest BCUT2D eigenvalue weighted by atomic mass is 35.5.